The molecule has 158 valence electrons. The van der Waals surface area contributed by atoms with E-state index < -0.39 is 30.2 Å². The Balaban J connectivity index is 2.02. The van der Waals surface area contributed by atoms with Gasteiger partial charge in [0.15, 0.2) is 6.10 Å². The van der Waals surface area contributed by atoms with Gasteiger partial charge in [-0.2, -0.15) is 0 Å². The number of urea groups is 1. The van der Waals surface area contributed by atoms with Gasteiger partial charge in [0.05, 0.1) is 0 Å². The maximum absolute atomic E-state index is 12.9. The molecule has 1 heterocycles. The standard InChI is InChI=1S/C20H33N3O5/c1-12(2)23(13(3)4)17(25)15(6)28-16(24)11-22-18(26)20(21-19(22)27)10-8-7-9-14(20)5/h12-15H,7-11H2,1-6H3,(H,21,27)/t14-,15-,20-/m0/s1. The van der Waals surface area contributed by atoms with Crippen molar-refractivity contribution in [2.24, 2.45) is 5.92 Å². The van der Waals surface area contributed by atoms with E-state index in [2.05, 4.69) is 5.32 Å². The van der Waals surface area contributed by atoms with Crippen molar-refractivity contribution in [2.75, 3.05) is 6.54 Å². The fourth-order valence-corrected chi connectivity index (χ4v) is 4.37. The number of carbonyl (C=O) groups excluding carboxylic acids is 4. The summed E-state index contributed by atoms with van der Waals surface area (Å²) >= 11 is 0. The topological polar surface area (TPSA) is 96.0 Å². The zero-order chi connectivity index (χ0) is 21.2. The first-order valence-corrected chi connectivity index (χ1v) is 10.2. The Morgan fingerprint density at radius 3 is 2.32 bits per heavy atom. The van der Waals surface area contributed by atoms with E-state index in [0.29, 0.717) is 6.42 Å². The number of rotatable bonds is 6. The maximum Gasteiger partial charge on any atom is 0.327 e. The van der Waals surface area contributed by atoms with Crippen molar-refractivity contribution in [3.63, 3.8) is 0 Å². The number of imide groups is 1. The number of nitrogens with zero attached hydrogens (tertiary/aromatic N) is 2. The fraction of sp³-hybridized carbons (Fsp3) is 0.800. The summed E-state index contributed by atoms with van der Waals surface area (Å²) < 4.78 is 5.25. The molecule has 0 radical (unpaired) electrons. The lowest BCUT2D eigenvalue weighted by Gasteiger charge is -2.36. The SMILES string of the molecule is CC(C)N(C(=O)[C@H](C)OC(=O)CN1C(=O)N[C@]2(CCCC[C@@H]2C)C1=O)C(C)C. The Morgan fingerprint density at radius 2 is 1.79 bits per heavy atom. The molecule has 1 spiro atoms. The molecule has 0 unspecified atom stereocenters. The number of ether oxygens (including phenoxy) is 1. The van der Waals surface area contributed by atoms with Gasteiger partial charge in [0.2, 0.25) is 0 Å². The summed E-state index contributed by atoms with van der Waals surface area (Å²) in [5.41, 5.74) is -0.914. The number of hydrogen-bond donors (Lipinski definition) is 1. The van der Waals surface area contributed by atoms with Crippen LogP contribution in [0.1, 0.15) is 67.2 Å². The number of hydrogen-bond acceptors (Lipinski definition) is 5. The highest BCUT2D eigenvalue weighted by atomic mass is 16.5. The zero-order valence-corrected chi connectivity index (χ0v) is 17.8. The minimum absolute atomic E-state index is 0.0184. The molecular formula is C20H33N3O5. The van der Waals surface area contributed by atoms with Gasteiger partial charge in [0.25, 0.3) is 11.8 Å². The van der Waals surface area contributed by atoms with Gasteiger partial charge in [-0.3, -0.25) is 19.3 Å². The minimum atomic E-state index is -0.986. The van der Waals surface area contributed by atoms with Crippen LogP contribution >= 0.6 is 0 Å². The van der Waals surface area contributed by atoms with E-state index in [1.54, 1.807) is 4.90 Å². The van der Waals surface area contributed by atoms with E-state index in [-0.39, 0.29) is 29.8 Å². The Morgan fingerprint density at radius 1 is 1.18 bits per heavy atom. The van der Waals surface area contributed by atoms with Gasteiger partial charge in [0, 0.05) is 12.1 Å². The second kappa shape index (κ2) is 8.49. The van der Waals surface area contributed by atoms with Gasteiger partial charge >= 0.3 is 12.0 Å². The van der Waals surface area contributed by atoms with Crippen molar-refractivity contribution in [3.8, 4) is 0 Å². The molecule has 3 atom stereocenters. The Bertz CT molecular complexity index is 640. The van der Waals surface area contributed by atoms with Crippen LogP contribution in [0.3, 0.4) is 0 Å². The lowest BCUT2D eigenvalue weighted by atomic mass is 9.73. The highest BCUT2D eigenvalue weighted by Crippen LogP contribution is 2.38. The summed E-state index contributed by atoms with van der Waals surface area (Å²) in [7, 11) is 0. The third kappa shape index (κ3) is 4.15. The van der Waals surface area contributed by atoms with Crippen LogP contribution in [0, 0.1) is 5.92 Å². The van der Waals surface area contributed by atoms with Gasteiger partial charge in [-0.05, 0) is 53.4 Å². The molecule has 28 heavy (non-hydrogen) atoms. The van der Waals surface area contributed by atoms with Crippen LogP contribution in [0.5, 0.6) is 0 Å². The summed E-state index contributed by atoms with van der Waals surface area (Å²) in [6.45, 7) is 10.5. The van der Waals surface area contributed by atoms with Crippen molar-refractivity contribution >= 4 is 23.8 Å². The highest BCUT2D eigenvalue weighted by Gasteiger charge is 2.55. The van der Waals surface area contributed by atoms with Crippen LogP contribution in [-0.4, -0.2) is 63.9 Å². The average Bonchev–Trinajstić information content (AvgIpc) is 2.82. The quantitative estimate of drug-likeness (QED) is 0.549. The first kappa shape index (κ1) is 22.2. The second-order valence-electron chi connectivity index (χ2n) is 8.50. The van der Waals surface area contributed by atoms with E-state index in [1.165, 1.54) is 6.92 Å². The third-order valence-corrected chi connectivity index (χ3v) is 5.81. The molecule has 0 bridgehead atoms. The largest absolute Gasteiger partial charge is 0.451 e. The van der Waals surface area contributed by atoms with Crippen LogP contribution in [0.4, 0.5) is 4.79 Å². The van der Waals surface area contributed by atoms with Crippen LogP contribution in [0.25, 0.3) is 0 Å². The zero-order valence-electron chi connectivity index (χ0n) is 17.8. The lowest BCUT2D eigenvalue weighted by molar-refractivity contribution is -0.162. The van der Waals surface area contributed by atoms with Gasteiger partial charge in [-0.1, -0.05) is 19.8 Å². The van der Waals surface area contributed by atoms with Crippen molar-refractivity contribution in [1.82, 2.24) is 15.1 Å². The maximum atomic E-state index is 12.9. The van der Waals surface area contributed by atoms with E-state index in [1.807, 2.05) is 34.6 Å². The van der Waals surface area contributed by atoms with Gasteiger partial charge in [-0.25, -0.2) is 4.79 Å². The Hall–Kier alpha value is -2.12. The smallest absolute Gasteiger partial charge is 0.327 e. The molecule has 0 aromatic rings. The first-order chi connectivity index (χ1) is 13.0. The first-order valence-electron chi connectivity index (χ1n) is 10.2. The summed E-state index contributed by atoms with van der Waals surface area (Å²) in [5.74, 6) is -1.42. The summed E-state index contributed by atoms with van der Waals surface area (Å²) in [5, 5.41) is 2.80. The molecule has 8 nitrogen and oxygen atoms in total. The van der Waals surface area contributed by atoms with Gasteiger partial charge in [0.1, 0.15) is 12.1 Å². The van der Waals surface area contributed by atoms with Gasteiger partial charge < -0.3 is 15.0 Å². The fourth-order valence-electron chi connectivity index (χ4n) is 4.37. The van der Waals surface area contributed by atoms with Gasteiger partial charge in [-0.15, -0.1) is 0 Å². The lowest BCUT2D eigenvalue weighted by Crippen LogP contribution is -2.54. The summed E-state index contributed by atoms with van der Waals surface area (Å²) in [4.78, 5) is 52.8. The summed E-state index contributed by atoms with van der Waals surface area (Å²) in [6.07, 6.45) is 2.34. The number of nitrogens with one attached hydrogen (secondary N) is 1. The van der Waals surface area contributed by atoms with Crippen LogP contribution in [-0.2, 0) is 19.1 Å². The van der Waals surface area contributed by atoms with E-state index in [4.69, 9.17) is 4.74 Å². The van der Waals surface area contributed by atoms with Crippen molar-refractivity contribution in [3.05, 3.63) is 0 Å². The summed E-state index contributed by atoms with van der Waals surface area (Å²) in [6, 6.07) is -0.639. The molecule has 8 heteroatoms. The molecule has 1 aliphatic carbocycles. The monoisotopic (exact) mass is 395 g/mol. The van der Waals surface area contributed by atoms with Crippen molar-refractivity contribution in [1.29, 1.82) is 0 Å². The molecule has 1 aliphatic heterocycles. The van der Waals surface area contributed by atoms with Crippen LogP contribution in [0.2, 0.25) is 0 Å². The molecule has 2 fully saturated rings. The molecule has 1 saturated carbocycles. The molecule has 1 saturated heterocycles. The molecular weight excluding hydrogens is 362 g/mol. The van der Waals surface area contributed by atoms with E-state index in [9.17, 15) is 19.2 Å². The normalized spacial score (nSPS) is 26.0. The molecule has 2 rings (SSSR count). The highest BCUT2D eigenvalue weighted by molar-refractivity contribution is 6.09. The number of amides is 4. The predicted octanol–water partition coefficient (Wildman–Crippen LogP) is 2.06. The average molecular weight is 396 g/mol. The molecule has 1 N–H and O–H groups in total. The predicted molar refractivity (Wildman–Crippen MR) is 103 cm³/mol. The van der Waals surface area contributed by atoms with Crippen molar-refractivity contribution < 1.29 is 23.9 Å². The molecule has 0 aromatic carbocycles. The number of carbonyl (C=O) groups is 4. The van der Waals surface area contributed by atoms with E-state index >= 15 is 0 Å². The Labute approximate surface area is 166 Å². The minimum Gasteiger partial charge on any atom is -0.451 e. The number of esters is 1. The molecule has 2 aliphatic rings. The third-order valence-electron chi connectivity index (χ3n) is 5.81. The second-order valence-corrected chi connectivity index (χ2v) is 8.50. The molecule has 4 amide bonds. The van der Waals surface area contributed by atoms with Crippen LogP contribution in [0.15, 0.2) is 0 Å². The van der Waals surface area contributed by atoms with E-state index in [0.717, 1.165) is 24.2 Å². The van der Waals surface area contributed by atoms with Crippen LogP contribution < -0.4 is 5.32 Å². The Kier molecular flexibility index (Phi) is 6.72. The van der Waals surface area contributed by atoms with Crippen molar-refractivity contribution in [2.45, 2.75) is 91.0 Å². The molecule has 0 aromatic heterocycles.